The van der Waals surface area contributed by atoms with Crippen LogP contribution in [-0.4, -0.2) is 29.3 Å². The SMILES string of the molecule is CCC(N)C(=O)N(CCC(N)=O)Cc1ccccc1. The van der Waals surface area contributed by atoms with Gasteiger partial charge in [-0.15, -0.1) is 0 Å². The zero-order valence-corrected chi connectivity index (χ0v) is 11.2. The molecule has 5 heteroatoms. The molecule has 0 bridgehead atoms. The Hall–Kier alpha value is -1.88. The molecule has 0 radical (unpaired) electrons. The van der Waals surface area contributed by atoms with E-state index in [2.05, 4.69) is 0 Å². The minimum absolute atomic E-state index is 0.146. The summed E-state index contributed by atoms with van der Waals surface area (Å²) in [5.74, 6) is -0.566. The number of nitrogens with two attached hydrogens (primary N) is 2. The van der Waals surface area contributed by atoms with Gasteiger partial charge in [-0.2, -0.15) is 0 Å². The van der Waals surface area contributed by atoms with Crippen LogP contribution in [0.15, 0.2) is 30.3 Å². The fourth-order valence-electron chi connectivity index (χ4n) is 1.73. The first kappa shape index (κ1) is 15.2. The summed E-state index contributed by atoms with van der Waals surface area (Å²) in [5, 5.41) is 0. The van der Waals surface area contributed by atoms with Gasteiger partial charge in [0.2, 0.25) is 11.8 Å². The average Bonchev–Trinajstić information content (AvgIpc) is 2.42. The average molecular weight is 263 g/mol. The van der Waals surface area contributed by atoms with Crippen molar-refractivity contribution in [3.05, 3.63) is 35.9 Å². The lowest BCUT2D eigenvalue weighted by Crippen LogP contribution is -2.44. The number of hydrogen-bond acceptors (Lipinski definition) is 3. The first-order chi connectivity index (χ1) is 9.04. The van der Waals surface area contributed by atoms with Crippen LogP contribution in [0.5, 0.6) is 0 Å². The third kappa shape index (κ3) is 5.09. The number of primary amides is 1. The molecule has 0 saturated heterocycles. The van der Waals surface area contributed by atoms with Crippen LogP contribution in [-0.2, 0) is 16.1 Å². The van der Waals surface area contributed by atoms with Gasteiger partial charge in [0.25, 0.3) is 0 Å². The van der Waals surface area contributed by atoms with Gasteiger partial charge in [-0.05, 0) is 12.0 Å². The van der Waals surface area contributed by atoms with Gasteiger partial charge in [-0.25, -0.2) is 0 Å². The van der Waals surface area contributed by atoms with E-state index < -0.39 is 11.9 Å². The third-order valence-electron chi connectivity index (χ3n) is 2.91. The van der Waals surface area contributed by atoms with Gasteiger partial charge in [-0.1, -0.05) is 37.3 Å². The molecule has 0 aromatic heterocycles. The predicted octanol–water partition coefficient (Wildman–Crippen LogP) is 0.628. The van der Waals surface area contributed by atoms with E-state index in [4.69, 9.17) is 11.5 Å². The van der Waals surface area contributed by atoms with Gasteiger partial charge in [0.1, 0.15) is 0 Å². The van der Waals surface area contributed by atoms with Gasteiger partial charge in [-0.3, -0.25) is 9.59 Å². The maximum atomic E-state index is 12.1. The van der Waals surface area contributed by atoms with Crippen LogP contribution in [0.4, 0.5) is 0 Å². The van der Waals surface area contributed by atoms with E-state index in [-0.39, 0.29) is 12.3 Å². The van der Waals surface area contributed by atoms with E-state index in [1.54, 1.807) is 4.90 Å². The number of nitrogens with zero attached hydrogens (tertiary/aromatic N) is 1. The Morgan fingerprint density at radius 1 is 1.26 bits per heavy atom. The van der Waals surface area contributed by atoms with Gasteiger partial charge < -0.3 is 16.4 Å². The summed E-state index contributed by atoms with van der Waals surface area (Å²) in [6, 6.07) is 9.06. The maximum Gasteiger partial charge on any atom is 0.239 e. The Balaban J connectivity index is 2.74. The summed E-state index contributed by atoms with van der Waals surface area (Å²) < 4.78 is 0. The molecule has 0 aliphatic rings. The fraction of sp³-hybridized carbons (Fsp3) is 0.429. The van der Waals surface area contributed by atoms with Crippen LogP contribution >= 0.6 is 0 Å². The Morgan fingerprint density at radius 3 is 2.42 bits per heavy atom. The van der Waals surface area contributed by atoms with Crippen molar-refractivity contribution < 1.29 is 9.59 Å². The second kappa shape index (κ2) is 7.53. The summed E-state index contributed by atoms with van der Waals surface area (Å²) in [6.45, 7) is 2.61. The highest BCUT2D eigenvalue weighted by Crippen LogP contribution is 2.07. The molecule has 19 heavy (non-hydrogen) atoms. The molecule has 2 amide bonds. The van der Waals surface area contributed by atoms with Crippen LogP contribution in [0, 0.1) is 0 Å². The summed E-state index contributed by atoms with van der Waals surface area (Å²) in [7, 11) is 0. The summed E-state index contributed by atoms with van der Waals surface area (Å²) >= 11 is 0. The van der Waals surface area contributed by atoms with Crippen molar-refractivity contribution >= 4 is 11.8 Å². The predicted molar refractivity (Wildman–Crippen MR) is 73.9 cm³/mol. The van der Waals surface area contributed by atoms with Crippen LogP contribution < -0.4 is 11.5 Å². The molecule has 0 spiro atoms. The first-order valence-electron chi connectivity index (χ1n) is 6.41. The van der Waals surface area contributed by atoms with E-state index in [1.807, 2.05) is 37.3 Å². The van der Waals surface area contributed by atoms with Crippen molar-refractivity contribution in [3.8, 4) is 0 Å². The second-order valence-electron chi connectivity index (χ2n) is 4.48. The molecule has 0 aliphatic heterocycles. The number of carbonyl (C=O) groups is 2. The number of carbonyl (C=O) groups excluding carboxylic acids is 2. The van der Waals surface area contributed by atoms with E-state index in [9.17, 15) is 9.59 Å². The molecular formula is C14H21N3O2. The molecular weight excluding hydrogens is 242 g/mol. The van der Waals surface area contributed by atoms with E-state index in [1.165, 1.54) is 0 Å². The minimum atomic E-state index is -0.531. The minimum Gasteiger partial charge on any atom is -0.370 e. The number of benzene rings is 1. The largest absolute Gasteiger partial charge is 0.370 e. The molecule has 5 nitrogen and oxygen atoms in total. The van der Waals surface area contributed by atoms with E-state index in [0.29, 0.717) is 19.5 Å². The second-order valence-corrected chi connectivity index (χ2v) is 4.48. The maximum absolute atomic E-state index is 12.1. The fourth-order valence-corrected chi connectivity index (χ4v) is 1.73. The van der Waals surface area contributed by atoms with E-state index in [0.717, 1.165) is 5.56 Å². The molecule has 1 unspecified atom stereocenters. The summed E-state index contributed by atoms with van der Waals surface area (Å²) in [6.07, 6.45) is 0.718. The Kier molecular flexibility index (Phi) is 6.02. The van der Waals surface area contributed by atoms with Gasteiger partial charge in [0.15, 0.2) is 0 Å². The van der Waals surface area contributed by atoms with Crippen LogP contribution in [0.1, 0.15) is 25.3 Å². The molecule has 1 aromatic rings. The van der Waals surface area contributed by atoms with Crippen molar-refractivity contribution in [3.63, 3.8) is 0 Å². The Labute approximate surface area is 113 Å². The Bertz CT molecular complexity index is 420. The molecule has 0 aliphatic carbocycles. The number of hydrogen-bond donors (Lipinski definition) is 2. The van der Waals surface area contributed by atoms with Crippen LogP contribution in [0.3, 0.4) is 0 Å². The monoisotopic (exact) mass is 263 g/mol. The van der Waals surface area contributed by atoms with Crippen molar-refractivity contribution in [2.24, 2.45) is 11.5 Å². The lowest BCUT2D eigenvalue weighted by molar-refractivity contribution is -0.133. The first-order valence-corrected chi connectivity index (χ1v) is 6.41. The highest BCUT2D eigenvalue weighted by atomic mass is 16.2. The third-order valence-corrected chi connectivity index (χ3v) is 2.91. The van der Waals surface area contributed by atoms with Gasteiger partial charge >= 0.3 is 0 Å². The summed E-state index contributed by atoms with van der Waals surface area (Å²) in [4.78, 5) is 24.6. The molecule has 0 saturated carbocycles. The highest BCUT2D eigenvalue weighted by molar-refractivity contribution is 5.82. The quantitative estimate of drug-likeness (QED) is 0.756. The van der Waals surface area contributed by atoms with Gasteiger partial charge in [0, 0.05) is 19.5 Å². The van der Waals surface area contributed by atoms with Crippen molar-refractivity contribution in [2.45, 2.75) is 32.4 Å². The molecule has 0 fully saturated rings. The van der Waals surface area contributed by atoms with E-state index >= 15 is 0 Å². The molecule has 1 aromatic carbocycles. The van der Waals surface area contributed by atoms with Crippen molar-refractivity contribution in [1.82, 2.24) is 4.90 Å². The number of rotatable bonds is 7. The standard InChI is InChI=1S/C14H21N3O2/c1-2-12(15)14(19)17(9-8-13(16)18)10-11-6-4-3-5-7-11/h3-7,12H,2,8-10,15H2,1H3,(H2,16,18). The van der Waals surface area contributed by atoms with Crippen LogP contribution in [0.2, 0.25) is 0 Å². The lowest BCUT2D eigenvalue weighted by Gasteiger charge is -2.25. The normalized spacial score (nSPS) is 11.9. The smallest absolute Gasteiger partial charge is 0.239 e. The highest BCUT2D eigenvalue weighted by Gasteiger charge is 2.20. The van der Waals surface area contributed by atoms with Gasteiger partial charge in [0.05, 0.1) is 6.04 Å². The molecule has 104 valence electrons. The van der Waals surface area contributed by atoms with Crippen molar-refractivity contribution in [2.75, 3.05) is 6.54 Å². The number of amides is 2. The molecule has 1 rings (SSSR count). The molecule has 1 atom stereocenters. The van der Waals surface area contributed by atoms with Crippen molar-refractivity contribution in [1.29, 1.82) is 0 Å². The Morgan fingerprint density at radius 2 is 1.89 bits per heavy atom. The topological polar surface area (TPSA) is 89.4 Å². The zero-order valence-electron chi connectivity index (χ0n) is 11.2. The lowest BCUT2D eigenvalue weighted by atomic mass is 10.1. The van der Waals surface area contributed by atoms with Crippen LogP contribution in [0.25, 0.3) is 0 Å². The molecule has 4 N–H and O–H groups in total. The molecule has 0 heterocycles. The zero-order chi connectivity index (χ0) is 14.3. The summed E-state index contributed by atoms with van der Waals surface area (Å²) in [5.41, 5.74) is 11.9.